The van der Waals surface area contributed by atoms with Gasteiger partial charge in [0.2, 0.25) is 0 Å². The second-order valence-corrected chi connectivity index (χ2v) is 5.69. The summed E-state index contributed by atoms with van der Waals surface area (Å²) in [4.78, 5) is 0. The quantitative estimate of drug-likeness (QED) is 0.564. The zero-order valence-corrected chi connectivity index (χ0v) is 13.1. The fourth-order valence-corrected chi connectivity index (χ4v) is 2.86. The smallest absolute Gasteiger partial charge is 0.0152 e. The minimum absolute atomic E-state index is 1.08. The standard InChI is InChI=1S/C22H22/c1-2-18-12-14-19(15-13-18)16-17-21-10-6-7-11-22(21)20-8-4-3-5-9-20/h3-15H,2,16-17H2,1H3. The molecule has 0 unspecified atom stereocenters. The topological polar surface area (TPSA) is 0 Å². The Kier molecular flexibility index (Phi) is 4.70. The van der Waals surface area contributed by atoms with Gasteiger partial charge in [-0.25, -0.2) is 0 Å². The van der Waals surface area contributed by atoms with E-state index in [1.165, 1.54) is 27.8 Å². The van der Waals surface area contributed by atoms with Crippen molar-refractivity contribution in [2.45, 2.75) is 26.2 Å². The highest BCUT2D eigenvalue weighted by molar-refractivity contribution is 5.67. The normalized spacial score (nSPS) is 10.6. The van der Waals surface area contributed by atoms with Crippen LogP contribution in [0, 0.1) is 0 Å². The number of benzene rings is 3. The van der Waals surface area contributed by atoms with Crippen molar-refractivity contribution in [3.63, 3.8) is 0 Å². The van der Waals surface area contributed by atoms with Gasteiger partial charge in [-0.15, -0.1) is 0 Å². The van der Waals surface area contributed by atoms with E-state index in [1.54, 1.807) is 0 Å². The number of hydrogen-bond donors (Lipinski definition) is 0. The average molecular weight is 286 g/mol. The highest BCUT2D eigenvalue weighted by Gasteiger charge is 2.04. The molecule has 0 saturated carbocycles. The molecule has 0 aliphatic rings. The molecule has 3 aromatic carbocycles. The first-order chi connectivity index (χ1) is 10.9. The molecule has 0 radical (unpaired) electrons. The van der Waals surface area contributed by atoms with Crippen molar-refractivity contribution in [2.24, 2.45) is 0 Å². The Morgan fingerprint density at radius 1 is 0.591 bits per heavy atom. The minimum atomic E-state index is 1.08. The van der Waals surface area contributed by atoms with Crippen LogP contribution in [0.4, 0.5) is 0 Å². The lowest BCUT2D eigenvalue weighted by atomic mass is 9.95. The molecular weight excluding hydrogens is 264 g/mol. The number of rotatable bonds is 5. The Hall–Kier alpha value is -2.34. The molecule has 0 nitrogen and oxygen atoms in total. The van der Waals surface area contributed by atoms with E-state index in [9.17, 15) is 0 Å². The molecule has 0 heterocycles. The van der Waals surface area contributed by atoms with Gasteiger partial charge >= 0.3 is 0 Å². The summed E-state index contributed by atoms with van der Waals surface area (Å²) in [5, 5.41) is 0. The first-order valence-corrected chi connectivity index (χ1v) is 8.08. The predicted octanol–water partition coefficient (Wildman–Crippen LogP) is 5.70. The molecule has 0 fully saturated rings. The molecule has 3 aromatic rings. The van der Waals surface area contributed by atoms with E-state index in [0.717, 1.165) is 19.3 Å². The molecule has 0 N–H and O–H groups in total. The van der Waals surface area contributed by atoms with Crippen LogP contribution in [0.5, 0.6) is 0 Å². The van der Waals surface area contributed by atoms with E-state index < -0.39 is 0 Å². The molecule has 0 spiro atoms. The monoisotopic (exact) mass is 286 g/mol. The van der Waals surface area contributed by atoms with Gasteiger partial charge in [0.15, 0.2) is 0 Å². The molecule has 0 aliphatic heterocycles. The Morgan fingerprint density at radius 2 is 1.23 bits per heavy atom. The van der Waals surface area contributed by atoms with E-state index in [0.29, 0.717) is 0 Å². The third-order valence-corrected chi connectivity index (χ3v) is 4.22. The molecule has 3 rings (SSSR count). The van der Waals surface area contributed by atoms with Crippen LogP contribution < -0.4 is 0 Å². The summed E-state index contributed by atoms with van der Waals surface area (Å²) in [7, 11) is 0. The average Bonchev–Trinajstić information content (AvgIpc) is 2.61. The second kappa shape index (κ2) is 7.09. The van der Waals surface area contributed by atoms with Crippen LogP contribution in [-0.4, -0.2) is 0 Å². The first-order valence-electron chi connectivity index (χ1n) is 8.08. The van der Waals surface area contributed by atoms with Gasteiger partial charge in [-0.3, -0.25) is 0 Å². The summed E-state index contributed by atoms with van der Waals surface area (Å²) < 4.78 is 0. The third-order valence-electron chi connectivity index (χ3n) is 4.22. The van der Waals surface area contributed by atoms with Gasteiger partial charge in [0, 0.05) is 0 Å². The van der Waals surface area contributed by atoms with Crippen molar-refractivity contribution in [3.8, 4) is 11.1 Å². The van der Waals surface area contributed by atoms with Crippen LogP contribution >= 0.6 is 0 Å². The molecule has 110 valence electrons. The van der Waals surface area contributed by atoms with Gasteiger partial charge in [-0.1, -0.05) is 85.8 Å². The molecule has 0 amide bonds. The molecule has 0 heteroatoms. The highest BCUT2D eigenvalue weighted by atomic mass is 14.1. The van der Waals surface area contributed by atoms with Gasteiger partial charge in [-0.05, 0) is 47.1 Å². The van der Waals surface area contributed by atoms with E-state index in [1.807, 2.05) is 0 Å². The molecular formula is C22H22. The highest BCUT2D eigenvalue weighted by Crippen LogP contribution is 2.24. The van der Waals surface area contributed by atoms with Crippen LogP contribution in [0.25, 0.3) is 11.1 Å². The van der Waals surface area contributed by atoms with Crippen LogP contribution in [0.15, 0.2) is 78.9 Å². The number of hydrogen-bond acceptors (Lipinski definition) is 0. The number of aryl methyl sites for hydroxylation is 3. The molecule has 0 saturated heterocycles. The van der Waals surface area contributed by atoms with Crippen molar-refractivity contribution in [3.05, 3.63) is 95.6 Å². The summed E-state index contributed by atoms with van der Waals surface area (Å²) in [5.74, 6) is 0. The molecule has 0 aromatic heterocycles. The maximum atomic E-state index is 2.27. The van der Waals surface area contributed by atoms with Crippen molar-refractivity contribution in [1.82, 2.24) is 0 Å². The summed E-state index contributed by atoms with van der Waals surface area (Å²) in [6, 6.07) is 28.4. The first kappa shape index (κ1) is 14.6. The van der Waals surface area contributed by atoms with Gasteiger partial charge < -0.3 is 0 Å². The maximum absolute atomic E-state index is 2.27. The molecule has 0 aliphatic carbocycles. The van der Waals surface area contributed by atoms with Crippen LogP contribution in [0.3, 0.4) is 0 Å². The van der Waals surface area contributed by atoms with Crippen LogP contribution in [0.1, 0.15) is 23.6 Å². The summed E-state index contributed by atoms with van der Waals surface area (Å²) in [5.41, 5.74) is 6.91. The van der Waals surface area contributed by atoms with Crippen LogP contribution in [0.2, 0.25) is 0 Å². The summed E-state index contributed by atoms with van der Waals surface area (Å²) in [6.45, 7) is 2.20. The van der Waals surface area contributed by atoms with Crippen molar-refractivity contribution < 1.29 is 0 Å². The van der Waals surface area contributed by atoms with Crippen LogP contribution in [-0.2, 0) is 19.3 Å². The predicted molar refractivity (Wildman–Crippen MR) is 95.1 cm³/mol. The largest absolute Gasteiger partial charge is 0.0622 e. The minimum Gasteiger partial charge on any atom is -0.0622 e. The third kappa shape index (κ3) is 3.46. The van der Waals surface area contributed by atoms with E-state index in [2.05, 4.69) is 85.8 Å². The summed E-state index contributed by atoms with van der Waals surface area (Å²) in [6.07, 6.45) is 3.28. The lowest BCUT2D eigenvalue weighted by Crippen LogP contribution is -1.94. The lowest BCUT2D eigenvalue weighted by Gasteiger charge is -2.10. The molecule has 22 heavy (non-hydrogen) atoms. The van der Waals surface area contributed by atoms with Gasteiger partial charge in [0.25, 0.3) is 0 Å². The fourth-order valence-electron chi connectivity index (χ4n) is 2.86. The Balaban J connectivity index is 1.78. The van der Waals surface area contributed by atoms with Crippen molar-refractivity contribution in [1.29, 1.82) is 0 Å². The van der Waals surface area contributed by atoms with Crippen molar-refractivity contribution in [2.75, 3.05) is 0 Å². The lowest BCUT2D eigenvalue weighted by molar-refractivity contribution is 0.959. The SMILES string of the molecule is CCc1ccc(CCc2ccccc2-c2ccccc2)cc1. The molecule has 0 atom stereocenters. The summed E-state index contributed by atoms with van der Waals surface area (Å²) >= 11 is 0. The van der Waals surface area contributed by atoms with E-state index in [4.69, 9.17) is 0 Å². The Morgan fingerprint density at radius 3 is 1.95 bits per heavy atom. The Labute approximate surface area is 133 Å². The van der Waals surface area contributed by atoms with Gasteiger partial charge in [0.05, 0.1) is 0 Å². The van der Waals surface area contributed by atoms with Gasteiger partial charge in [0.1, 0.15) is 0 Å². The zero-order valence-electron chi connectivity index (χ0n) is 13.1. The maximum Gasteiger partial charge on any atom is -0.0152 e. The molecule has 0 bridgehead atoms. The zero-order chi connectivity index (χ0) is 15.2. The van der Waals surface area contributed by atoms with Crippen molar-refractivity contribution >= 4 is 0 Å². The van der Waals surface area contributed by atoms with E-state index in [-0.39, 0.29) is 0 Å². The second-order valence-electron chi connectivity index (χ2n) is 5.69. The Bertz CT molecular complexity index is 709. The fraction of sp³-hybridized carbons (Fsp3) is 0.182. The van der Waals surface area contributed by atoms with E-state index >= 15 is 0 Å². The van der Waals surface area contributed by atoms with Gasteiger partial charge in [-0.2, -0.15) is 0 Å².